The smallest absolute Gasteiger partial charge is 0.260 e. The highest BCUT2D eigenvalue weighted by molar-refractivity contribution is 5.79. The summed E-state index contributed by atoms with van der Waals surface area (Å²) >= 11 is 0. The number of hydrogen-bond acceptors (Lipinski definition) is 4. The molecule has 6 heteroatoms. The SMILES string of the molecule is CCc1ccccc1OCC(=O)N1CCCN(C(=O)COc2ccc(C)cc2C)CC1. The zero-order valence-corrected chi connectivity index (χ0v) is 18.7. The van der Waals surface area contributed by atoms with E-state index in [1.165, 1.54) is 0 Å². The fourth-order valence-electron chi connectivity index (χ4n) is 3.78. The Bertz CT molecular complexity index is 912. The molecule has 0 radical (unpaired) electrons. The van der Waals surface area contributed by atoms with Crippen molar-refractivity contribution in [3.8, 4) is 11.5 Å². The minimum absolute atomic E-state index is 0.00869. The summed E-state index contributed by atoms with van der Waals surface area (Å²) in [4.78, 5) is 28.8. The van der Waals surface area contributed by atoms with E-state index in [1.807, 2.05) is 56.3 Å². The van der Waals surface area contributed by atoms with Crippen LogP contribution in [0.5, 0.6) is 11.5 Å². The first kappa shape index (κ1) is 22.7. The van der Waals surface area contributed by atoms with E-state index in [9.17, 15) is 9.59 Å². The van der Waals surface area contributed by atoms with Crippen LogP contribution >= 0.6 is 0 Å². The molecule has 1 aliphatic rings. The molecule has 1 heterocycles. The van der Waals surface area contributed by atoms with Gasteiger partial charge in [-0.1, -0.05) is 42.8 Å². The number of carbonyl (C=O) groups excluding carboxylic acids is 2. The standard InChI is InChI=1S/C25H32N2O4/c1-4-21-8-5-6-9-23(21)31-18-25(29)27-13-7-12-26(14-15-27)24(28)17-30-22-11-10-19(2)16-20(22)3/h5-6,8-11,16H,4,7,12-15,17-18H2,1-3H3. The zero-order valence-electron chi connectivity index (χ0n) is 18.7. The topological polar surface area (TPSA) is 59.1 Å². The number of nitrogens with zero attached hydrogens (tertiary/aromatic N) is 2. The van der Waals surface area contributed by atoms with Crippen molar-refractivity contribution < 1.29 is 19.1 Å². The van der Waals surface area contributed by atoms with Gasteiger partial charge in [-0.05, 0) is 49.9 Å². The molecule has 31 heavy (non-hydrogen) atoms. The number of rotatable bonds is 7. The average molecular weight is 425 g/mol. The van der Waals surface area contributed by atoms with E-state index >= 15 is 0 Å². The maximum atomic E-state index is 12.6. The lowest BCUT2D eigenvalue weighted by Crippen LogP contribution is -2.40. The fraction of sp³-hybridized carbons (Fsp3) is 0.440. The zero-order chi connectivity index (χ0) is 22.2. The monoisotopic (exact) mass is 424 g/mol. The van der Waals surface area contributed by atoms with Gasteiger partial charge in [0.15, 0.2) is 13.2 Å². The molecular weight excluding hydrogens is 392 g/mol. The van der Waals surface area contributed by atoms with Crippen LogP contribution < -0.4 is 9.47 Å². The second-order valence-electron chi connectivity index (χ2n) is 7.92. The molecule has 2 aromatic rings. The van der Waals surface area contributed by atoms with E-state index in [4.69, 9.17) is 9.47 Å². The largest absolute Gasteiger partial charge is 0.484 e. The van der Waals surface area contributed by atoms with Crippen LogP contribution in [0.2, 0.25) is 0 Å². The van der Waals surface area contributed by atoms with Crippen LogP contribution in [0.15, 0.2) is 42.5 Å². The fourth-order valence-corrected chi connectivity index (χ4v) is 3.78. The number of carbonyl (C=O) groups is 2. The molecule has 0 spiro atoms. The third kappa shape index (κ3) is 6.23. The van der Waals surface area contributed by atoms with Gasteiger partial charge in [-0.2, -0.15) is 0 Å². The maximum Gasteiger partial charge on any atom is 0.260 e. The molecule has 3 rings (SSSR count). The molecule has 2 amide bonds. The van der Waals surface area contributed by atoms with Gasteiger partial charge in [0.05, 0.1) is 0 Å². The number of amides is 2. The lowest BCUT2D eigenvalue weighted by atomic mass is 10.1. The van der Waals surface area contributed by atoms with Crippen LogP contribution in [-0.4, -0.2) is 61.0 Å². The molecule has 166 valence electrons. The van der Waals surface area contributed by atoms with Crippen LogP contribution in [0, 0.1) is 13.8 Å². The maximum absolute atomic E-state index is 12.6. The van der Waals surface area contributed by atoms with Crippen LogP contribution in [0.3, 0.4) is 0 Å². The Kier molecular flexibility index (Phi) is 7.93. The predicted octanol–water partition coefficient (Wildman–Crippen LogP) is 3.38. The summed E-state index contributed by atoms with van der Waals surface area (Å²) in [6.07, 6.45) is 1.60. The molecule has 1 saturated heterocycles. The first-order valence-corrected chi connectivity index (χ1v) is 10.9. The van der Waals surface area contributed by atoms with E-state index in [2.05, 4.69) is 6.92 Å². The Morgan fingerprint density at radius 1 is 0.839 bits per heavy atom. The van der Waals surface area contributed by atoms with Crippen LogP contribution in [0.1, 0.15) is 30.0 Å². The number of hydrogen-bond donors (Lipinski definition) is 0. The quantitative estimate of drug-likeness (QED) is 0.684. The van der Waals surface area contributed by atoms with E-state index < -0.39 is 0 Å². The van der Waals surface area contributed by atoms with Crippen molar-refractivity contribution in [3.05, 3.63) is 59.2 Å². The lowest BCUT2D eigenvalue weighted by molar-refractivity contribution is -0.135. The van der Waals surface area contributed by atoms with E-state index in [-0.39, 0.29) is 25.0 Å². The predicted molar refractivity (Wildman–Crippen MR) is 121 cm³/mol. The summed E-state index contributed by atoms with van der Waals surface area (Å²) < 4.78 is 11.5. The highest BCUT2D eigenvalue weighted by atomic mass is 16.5. The Balaban J connectivity index is 1.47. The molecular formula is C25H32N2O4. The van der Waals surface area contributed by atoms with E-state index in [0.29, 0.717) is 26.2 Å². The average Bonchev–Trinajstić information content (AvgIpc) is 3.03. The number of ether oxygens (including phenoxy) is 2. The summed E-state index contributed by atoms with van der Waals surface area (Å²) in [5.74, 6) is 1.39. The first-order valence-electron chi connectivity index (χ1n) is 10.9. The highest BCUT2D eigenvalue weighted by Gasteiger charge is 2.23. The van der Waals surface area contributed by atoms with Crippen LogP contribution in [0.25, 0.3) is 0 Å². The minimum atomic E-state index is -0.0533. The molecule has 1 fully saturated rings. The summed E-state index contributed by atoms with van der Waals surface area (Å²) in [6.45, 7) is 8.35. The lowest BCUT2D eigenvalue weighted by Gasteiger charge is -2.22. The third-order valence-electron chi connectivity index (χ3n) is 5.59. The second kappa shape index (κ2) is 10.8. The van der Waals surface area contributed by atoms with Crippen molar-refractivity contribution in [3.63, 3.8) is 0 Å². The molecule has 0 N–H and O–H groups in total. The molecule has 0 unspecified atom stereocenters. The van der Waals surface area contributed by atoms with Gasteiger partial charge in [0.2, 0.25) is 0 Å². The van der Waals surface area contributed by atoms with Gasteiger partial charge in [0.1, 0.15) is 11.5 Å². The number of aryl methyl sites for hydroxylation is 3. The van der Waals surface area contributed by atoms with Crippen molar-refractivity contribution in [2.45, 2.75) is 33.6 Å². The summed E-state index contributed by atoms with van der Waals surface area (Å²) in [5, 5.41) is 0. The van der Waals surface area contributed by atoms with E-state index in [1.54, 1.807) is 9.80 Å². The van der Waals surface area contributed by atoms with Crippen LogP contribution in [0.4, 0.5) is 0 Å². The normalized spacial score (nSPS) is 14.2. The van der Waals surface area contributed by atoms with Crippen molar-refractivity contribution >= 4 is 11.8 Å². The Morgan fingerprint density at radius 2 is 1.45 bits per heavy atom. The van der Waals surface area contributed by atoms with Crippen LogP contribution in [-0.2, 0) is 16.0 Å². The third-order valence-corrected chi connectivity index (χ3v) is 5.59. The molecule has 6 nitrogen and oxygen atoms in total. The van der Waals surface area contributed by atoms with Gasteiger partial charge >= 0.3 is 0 Å². The van der Waals surface area contributed by atoms with Crippen molar-refractivity contribution in [2.75, 3.05) is 39.4 Å². The Morgan fingerprint density at radius 3 is 2.06 bits per heavy atom. The molecule has 2 aromatic carbocycles. The second-order valence-corrected chi connectivity index (χ2v) is 7.92. The van der Waals surface area contributed by atoms with Gasteiger partial charge in [-0.3, -0.25) is 9.59 Å². The van der Waals surface area contributed by atoms with Gasteiger partial charge < -0.3 is 19.3 Å². The van der Waals surface area contributed by atoms with Crippen molar-refractivity contribution in [2.24, 2.45) is 0 Å². The van der Waals surface area contributed by atoms with Crippen molar-refractivity contribution in [1.82, 2.24) is 9.80 Å². The van der Waals surface area contributed by atoms with Crippen molar-refractivity contribution in [1.29, 1.82) is 0 Å². The van der Waals surface area contributed by atoms with Gasteiger partial charge in [-0.25, -0.2) is 0 Å². The highest BCUT2D eigenvalue weighted by Crippen LogP contribution is 2.20. The molecule has 0 saturated carbocycles. The Hall–Kier alpha value is -3.02. The molecule has 0 bridgehead atoms. The number of para-hydroxylation sites is 1. The van der Waals surface area contributed by atoms with Gasteiger partial charge in [0, 0.05) is 26.2 Å². The molecule has 0 atom stereocenters. The molecule has 0 aliphatic carbocycles. The summed E-state index contributed by atoms with van der Waals surface area (Å²) in [7, 11) is 0. The molecule has 1 aliphatic heterocycles. The summed E-state index contributed by atoms with van der Waals surface area (Å²) in [5.41, 5.74) is 3.27. The first-order chi connectivity index (χ1) is 15.0. The van der Waals surface area contributed by atoms with Gasteiger partial charge in [-0.15, -0.1) is 0 Å². The number of benzene rings is 2. The van der Waals surface area contributed by atoms with E-state index in [0.717, 1.165) is 41.0 Å². The molecule has 0 aromatic heterocycles. The Labute approximate surface area is 184 Å². The minimum Gasteiger partial charge on any atom is -0.484 e. The van der Waals surface area contributed by atoms with Gasteiger partial charge in [0.25, 0.3) is 11.8 Å². The summed E-state index contributed by atoms with van der Waals surface area (Å²) in [6, 6.07) is 13.7.